The zero-order chi connectivity index (χ0) is 16.6. The molecule has 2 aromatic heterocycles. The van der Waals surface area contributed by atoms with Gasteiger partial charge in [-0.05, 0) is 45.6 Å². The highest BCUT2D eigenvalue weighted by molar-refractivity contribution is 5.84. The summed E-state index contributed by atoms with van der Waals surface area (Å²) in [7, 11) is 0. The van der Waals surface area contributed by atoms with Gasteiger partial charge in [0, 0.05) is 29.8 Å². The minimum atomic E-state index is -0.199. The number of hydrogen-bond acceptors (Lipinski definition) is 4. The van der Waals surface area contributed by atoms with E-state index in [1.54, 1.807) is 0 Å². The maximum atomic E-state index is 11.9. The number of amides is 2. The molecule has 1 saturated carbocycles. The largest absolute Gasteiger partial charge is 0.273 e. The van der Waals surface area contributed by atoms with Gasteiger partial charge in [0.1, 0.15) is 0 Å². The molecule has 0 radical (unpaired) electrons. The topological polar surface area (TPSA) is 88.4 Å². The number of carbonyl (C=O) groups excluding carboxylic acids is 2. The van der Waals surface area contributed by atoms with Crippen LogP contribution in [-0.2, 0) is 16.0 Å². The van der Waals surface area contributed by atoms with E-state index < -0.39 is 0 Å². The Morgan fingerprint density at radius 2 is 2.00 bits per heavy atom. The van der Waals surface area contributed by atoms with E-state index in [0.717, 1.165) is 41.1 Å². The van der Waals surface area contributed by atoms with Crippen molar-refractivity contribution in [3.05, 3.63) is 28.7 Å². The molecule has 1 aliphatic rings. The second-order valence-electron chi connectivity index (χ2n) is 6.13. The van der Waals surface area contributed by atoms with Crippen LogP contribution < -0.4 is 10.9 Å². The molecule has 7 heteroatoms. The fourth-order valence-corrected chi connectivity index (χ4v) is 2.68. The highest BCUT2D eigenvalue weighted by atomic mass is 16.2. The highest BCUT2D eigenvalue weighted by Gasteiger charge is 2.29. The molecule has 0 unspecified atom stereocenters. The molecular weight excluding hydrogens is 294 g/mol. The number of aryl methyl sites for hydroxylation is 3. The van der Waals surface area contributed by atoms with Gasteiger partial charge in [-0.25, -0.2) is 9.50 Å². The molecule has 23 heavy (non-hydrogen) atoms. The van der Waals surface area contributed by atoms with Crippen LogP contribution in [0.1, 0.15) is 41.9 Å². The summed E-state index contributed by atoms with van der Waals surface area (Å²) in [6, 6.07) is 1.93. The first-order chi connectivity index (χ1) is 11.0. The molecule has 2 amide bonds. The molecule has 122 valence electrons. The Bertz CT molecular complexity index is 776. The van der Waals surface area contributed by atoms with Crippen molar-refractivity contribution in [2.24, 2.45) is 5.92 Å². The summed E-state index contributed by atoms with van der Waals surface area (Å²) in [6.45, 7) is 5.85. The predicted molar refractivity (Wildman–Crippen MR) is 84.5 cm³/mol. The van der Waals surface area contributed by atoms with Crippen LogP contribution in [0.4, 0.5) is 0 Å². The Hall–Kier alpha value is -2.44. The third kappa shape index (κ3) is 3.33. The number of nitrogens with zero attached hydrogens (tertiary/aromatic N) is 3. The van der Waals surface area contributed by atoms with Crippen LogP contribution in [-0.4, -0.2) is 26.4 Å². The summed E-state index contributed by atoms with van der Waals surface area (Å²) < 4.78 is 1.81. The smallest absolute Gasteiger partial charge is 0.241 e. The van der Waals surface area contributed by atoms with E-state index in [0.29, 0.717) is 12.8 Å². The van der Waals surface area contributed by atoms with E-state index >= 15 is 0 Å². The first kappa shape index (κ1) is 15.5. The number of aromatic nitrogens is 3. The van der Waals surface area contributed by atoms with Gasteiger partial charge < -0.3 is 0 Å². The van der Waals surface area contributed by atoms with Crippen molar-refractivity contribution in [3.8, 4) is 0 Å². The van der Waals surface area contributed by atoms with E-state index in [1.807, 2.05) is 31.4 Å². The zero-order valence-electron chi connectivity index (χ0n) is 13.6. The summed E-state index contributed by atoms with van der Waals surface area (Å²) in [5.41, 5.74) is 9.60. The molecule has 2 heterocycles. The lowest BCUT2D eigenvalue weighted by Gasteiger charge is -2.11. The van der Waals surface area contributed by atoms with Gasteiger partial charge >= 0.3 is 0 Å². The zero-order valence-corrected chi connectivity index (χ0v) is 13.6. The molecule has 0 aliphatic heterocycles. The molecular formula is C16H21N5O2. The molecule has 2 aromatic rings. The van der Waals surface area contributed by atoms with E-state index in [2.05, 4.69) is 20.9 Å². The van der Waals surface area contributed by atoms with Gasteiger partial charge in [-0.2, -0.15) is 5.10 Å². The van der Waals surface area contributed by atoms with Crippen LogP contribution in [0.15, 0.2) is 6.07 Å². The lowest BCUT2D eigenvalue weighted by molar-refractivity contribution is -0.129. The first-order valence-electron chi connectivity index (χ1n) is 7.87. The summed E-state index contributed by atoms with van der Waals surface area (Å²) >= 11 is 0. The second-order valence-corrected chi connectivity index (χ2v) is 6.13. The number of carbonyl (C=O) groups is 2. The van der Waals surface area contributed by atoms with Gasteiger partial charge in [-0.3, -0.25) is 20.4 Å². The van der Waals surface area contributed by atoms with Crippen molar-refractivity contribution < 1.29 is 9.59 Å². The van der Waals surface area contributed by atoms with Crippen molar-refractivity contribution >= 4 is 17.5 Å². The maximum Gasteiger partial charge on any atom is 0.241 e. The molecule has 1 fully saturated rings. The fraction of sp³-hybridized carbons (Fsp3) is 0.500. The molecule has 0 atom stereocenters. The number of fused-ring (bicyclic) bond motifs is 1. The lowest BCUT2D eigenvalue weighted by Crippen LogP contribution is -2.42. The quantitative estimate of drug-likeness (QED) is 0.828. The fourth-order valence-electron chi connectivity index (χ4n) is 2.68. The predicted octanol–water partition coefficient (Wildman–Crippen LogP) is 1.14. The van der Waals surface area contributed by atoms with Crippen molar-refractivity contribution in [2.75, 3.05) is 0 Å². The molecule has 0 aromatic carbocycles. The van der Waals surface area contributed by atoms with Crippen molar-refractivity contribution in [3.63, 3.8) is 0 Å². The van der Waals surface area contributed by atoms with Crippen LogP contribution in [0.2, 0.25) is 0 Å². The van der Waals surface area contributed by atoms with Gasteiger partial charge in [0.05, 0.1) is 5.69 Å². The Kier molecular flexibility index (Phi) is 4.02. The van der Waals surface area contributed by atoms with Crippen LogP contribution in [0.3, 0.4) is 0 Å². The number of nitrogens with one attached hydrogen (secondary N) is 2. The SMILES string of the molecule is Cc1cc2nc(C)c(CCC(=O)NNC(=O)C3CC3)c(C)n2n1. The van der Waals surface area contributed by atoms with E-state index in [9.17, 15) is 9.59 Å². The third-order valence-corrected chi connectivity index (χ3v) is 4.16. The monoisotopic (exact) mass is 315 g/mol. The van der Waals surface area contributed by atoms with E-state index in [-0.39, 0.29) is 17.7 Å². The number of rotatable bonds is 4. The minimum absolute atomic E-state index is 0.0782. The lowest BCUT2D eigenvalue weighted by atomic mass is 10.1. The Balaban J connectivity index is 1.64. The average molecular weight is 315 g/mol. The summed E-state index contributed by atoms with van der Waals surface area (Å²) in [5.74, 6) is -0.218. The van der Waals surface area contributed by atoms with Gasteiger partial charge in [0.25, 0.3) is 0 Å². The van der Waals surface area contributed by atoms with Gasteiger partial charge in [-0.1, -0.05) is 0 Å². The summed E-state index contributed by atoms with van der Waals surface area (Å²) in [6.07, 6.45) is 2.68. The number of hydrogen-bond donors (Lipinski definition) is 2. The van der Waals surface area contributed by atoms with Crippen molar-refractivity contribution in [2.45, 2.75) is 46.5 Å². The van der Waals surface area contributed by atoms with Crippen LogP contribution in [0.25, 0.3) is 5.65 Å². The standard InChI is InChI=1S/C16H21N5O2/c1-9-8-14-17-10(2)13(11(3)21(14)20-9)6-7-15(22)18-19-16(23)12-4-5-12/h8,12H,4-7H2,1-3H3,(H,18,22)(H,19,23). The summed E-state index contributed by atoms with van der Waals surface area (Å²) in [4.78, 5) is 27.9. The van der Waals surface area contributed by atoms with Crippen LogP contribution in [0, 0.1) is 26.7 Å². The van der Waals surface area contributed by atoms with Crippen molar-refractivity contribution in [1.82, 2.24) is 25.4 Å². The molecule has 0 saturated heterocycles. The number of hydrazine groups is 1. The summed E-state index contributed by atoms with van der Waals surface area (Å²) in [5, 5.41) is 4.42. The van der Waals surface area contributed by atoms with Crippen LogP contribution >= 0.6 is 0 Å². The van der Waals surface area contributed by atoms with Crippen molar-refractivity contribution in [1.29, 1.82) is 0 Å². The molecule has 0 spiro atoms. The first-order valence-corrected chi connectivity index (χ1v) is 7.87. The highest BCUT2D eigenvalue weighted by Crippen LogP contribution is 2.28. The molecule has 2 N–H and O–H groups in total. The maximum absolute atomic E-state index is 11.9. The third-order valence-electron chi connectivity index (χ3n) is 4.16. The van der Waals surface area contributed by atoms with E-state index in [4.69, 9.17) is 0 Å². The molecule has 1 aliphatic carbocycles. The normalized spacial score (nSPS) is 14.0. The van der Waals surface area contributed by atoms with E-state index in [1.165, 1.54) is 0 Å². The Labute approximate surface area is 134 Å². The molecule has 7 nitrogen and oxygen atoms in total. The van der Waals surface area contributed by atoms with Crippen LogP contribution in [0.5, 0.6) is 0 Å². The second kappa shape index (κ2) is 5.98. The minimum Gasteiger partial charge on any atom is -0.273 e. The molecule has 0 bridgehead atoms. The van der Waals surface area contributed by atoms with Gasteiger partial charge in [0.15, 0.2) is 5.65 Å². The Morgan fingerprint density at radius 3 is 2.70 bits per heavy atom. The average Bonchev–Trinajstić information content (AvgIpc) is 3.27. The Morgan fingerprint density at radius 1 is 1.26 bits per heavy atom. The van der Waals surface area contributed by atoms with Gasteiger partial charge in [-0.15, -0.1) is 0 Å². The van der Waals surface area contributed by atoms with Gasteiger partial charge in [0.2, 0.25) is 11.8 Å². The molecule has 3 rings (SSSR count).